The molecule has 0 aliphatic heterocycles. The van der Waals surface area contributed by atoms with Gasteiger partial charge in [0.15, 0.2) is 0 Å². The van der Waals surface area contributed by atoms with Crippen molar-refractivity contribution in [3.63, 3.8) is 0 Å². The lowest BCUT2D eigenvalue weighted by atomic mass is 10.0. The molecule has 6 nitrogen and oxygen atoms in total. The number of fused-ring (bicyclic) bond motifs is 1. The topological polar surface area (TPSA) is 76.1 Å². The summed E-state index contributed by atoms with van der Waals surface area (Å²) in [5.74, 6) is 0.452. The fourth-order valence-electron chi connectivity index (χ4n) is 4.45. The number of anilines is 1. The predicted molar refractivity (Wildman–Crippen MR) is 142 cm³/mol. The molecule has 6 heteroatoms. The number of rotatable bonds is 9. The molecule has 3 aromatic carbocycles. The summed E-state index contributed by atoms with van der Waals surface area (Å²) in [6, 6.07) is 15.2. The van der Waals surface area contributed by atoms with Gasteiger partial charge in [0.25, 0.3) is 0 Å². The van der Waals surface area contributed by atoms with E-state index in [9.17, 15) is 14.7 Å². The van der Waals surface area contributed by atoms with Crippen LogP contribution < -0.4 is 9.64 Å². The van der Waals surface area contributed by atoms with Crippen LogP contribution in [0.25, 0.3) is 16.8 Å². The van der Waals surface area contributed by atoms with E-state index in [1.54, 1.807) is 25.3 Å². The normalized spacial score (nSPS) is 14.1. The van der Waals surface area contributed by atoms with Crippen LogP contribution in [0.5, 0.6) is 5.75 Å². The molecular weight excluding hydrogens is 454 g/mol. The van der Waals surface area contributed by atoms with E-state index in [4.69, 9.17) is 9.47 Å². The molecule has 0 saturated heterocycles. The summed E-state index contributed by atoms with van der Waals surface area (Å²) in [4.78, 5) is 27.4. The summed E-state index contributed by atoms with van der Waals surface area (Å²) < 4.78 is 10.7. The predicted octanol–water partition coefficient (Wildman–Crippen LogP) is 5.67. The third-order valence-electron chi connectivity index (χ3n) is 6.74. The van der Waals surface area contributed by atoms with Gasteiger partial charge in [-0.1, -0.05) is 49.4 Å². The fourth-order valence-corrected chi connectivity index (χ4v) is 4.45. The maximum Gasteiger partial charge on any atom is 0.337 e. The van der Waals surface area contributed by atoms with Gasteiger partial charge in [0.1, 0.15) is 5.75 Å². The first kappa shape index (κ1) is 25.5. The molecule has 3 aromatic rings. The number of methoxy groups -OCH3 is 2. The quantitative estimate of drug-likeness (QED) is 0.394. The largest absolute Gasteiger partial charge is 0.496 e. The average Bonchev–Trinajstić information content (AvgIpc) is 3.75. The van der Waals surface area contributed by atoms with Gasteiger partial charge in [-0.25, -0.2) is 4.79 Å². The third kappa shape index (κ3) is 5.29. The van der Waals surface area contributed by atoms with Gasteiger partial charge in [-0.05, 0) is 60.9 Å². The molecule has 1 N–H and O–H groups in total. The number of esters is 1. The SMILES string of the molecule is CCC(O)/C=C\c1ccc(CN(C(=O)C2CC2)c2cccc3cc(C(=O)OC)ccc23)c(OC)c1C. The molecule has 0 radical (unpaired) electrons. The monoisotopic (exact) mass is 487 g/mol. The molecule has 1 saturated carbocycles. The van der Waals surface area contributed by atoms with Gasteiger partial charge in [0.2, 0.25) is 5.91 Å². The zero-order valence-corrected chi connectivity index (χ0v) is 21.3. The minimum Gasteiger partial charge on any atom is -0.496 e. The minimum atomic E-state index is -0.493. The lowest BCUT2D eigenvalue weighted by Crippen LogP contribution is -2.32. The van der Waals surface area contributed by atoms with E-state index in [0.29, 0.717) is 18.5 Å². The van der Waals surface area contributed by atoms with Crippen molar-refractivity contribution in [1.29, 1.82) is 0 Å². The number of amides is 1. The summed E-state index contributed by atoms with van der Waals surface area (Å²) in [6.45, 7) is 4.28. The lowest BCUT2D eigenvalue weighted by Gasteiger charge is -2.26. The Labute approximate surface area is 212 Å². The zero-order valence-electron chi connectivity index (χ0n) is 21.3. The van der Waals surface area contributed by atoms with E-state index < -0.39 is 12.1 Å². The Kier molecular flexibility index (Phi) is 7.75. The minimum absolute atomic E-state index is 0.0272. The molecule has 0 spiro atoms. The van der Waals surface area contributed by atoms with Gasteiger partial charge in [-0.15, -0.1) is 0 Å². The van der Waals surface area contributed by atoms with E-state index in [0.717, 1.165) is 51.7 Å². The highest BCUT2D eigenvalue weighted by Crippen LogP contribution is 2.38. The van der Waals surface area contributed by atoms with E-state index in [1.165, 1.54) is 7.11 Å². The molecule has 1 fully saturated rings. The summed E-state index contributed by atoms with van der Waals surface area (Å²) in [6.07, 6.45) is 5.64. The van der Waals surface area contributed by atoms with Crippen molar-refractivity contribution in [2.75, 3.05) is 19.1 Å². The molecule has 1 aliphatic carbocycles. The Hall–Kier alpha value is -3.64. The molecular formula is C30H33NO5. The molecule has 188 valence electrons. The Morgan fingerprint density at radius 3 is 2.58 bits per heavy atom. The van der Waals surface area contributed by atoms with Crippen LogP contribution in [0.4, 0.5) is 5.69 Å². The van der Waals surface area contributed by atoms with Crippen molar-refractivity contribution in [2.45, 2.75) is 45.8 Å². The molecule has 1 aliphatic rings. The van der Waals surface area contributed by atoms with Crippen molar-refractivity contribution in [2.24, 2.45) is 5.92 Å². The van der Waals surface area contributed by atoms with Crippen molar-refractivity contribution in [3.8, 4) is 5.75 Å². The number of nitrogens with zero attached hydrogens (tertiary/aromatic N) is 1. The second-order valence-electron chi connectivity index (χ2n) is 9.21. The molecule has 0 bridgehead atoms. The van der Waals surface area contributed by atoms with Gasteiger partial charge in [0.05, 0.1) is 38.1 Å². The van der Waals surface area contributed by atoms with Crippen molar-refractivity contribution in [3.05, 3.63) is 76.9 Å². The molecule has 0 aromatic heterocycles. The Morgan fingerprint density at radius 1 is 1.14 bits per heavy atom. The number of hydrogen-bond acceptors (Lipinski definition) is 5. The Morgan fingerprint density at radius 2 is 1.92 bits per heavy atom. The zero-order chi connectivity index (χ0) is 25.8. The van der Waals surface area contributed by atoms with Gasteiger partial charge in [0, 0.05) is 16.9 Å². The van der Waals surface area contributed by atoms with Crippen LogP contribution in [0.2, 0.25) is 0 Å². The fraction of sp³-hybridized carbons (Fsp3) is 0.333. The number of hydrogen-bond donors (Lipinski definition) is 1. The first-order valence-electron chi connectivity index (χ1n) is 12.3. The molecule has 4 rings (SSSR count). The van der Waals surface area contributed by atoms with Gasteiger partial charge >= 0.3 is 5.97 Å². The van der Waals surface area contributed by atoms with E-state index in [1.807, 2.05) is 61.2 Å². The molecule has 0 heterocycles. The Balaban J connectivity index is 1.75. The summed E-state index contributed by atoms with van der Waals surface area (Å²) in [5.41, 5.74) is 4.09. The number of aliphatic hydroxyl groups excluding tert-OH is 1. The summed E-state index contributed by atoms with van der Waals surface area (Å²) >= 11 is 0. The van der Waals surface area contributed by atoms with Crippen molar-refractivity contribution >= 4 is 34.4 Å². The molecule has 36 heavy (non-hydrogen) atoms. The average molecular weight is 488 g/mol. The summed E-state index contributed by atoms with van der Waals surface area (Å²) in [7, 11) is 3.00. The van der Waals surface area contributed by atoms with Crippen molar-refractivity contribution < 1.29 is 24.2 Å². The maximum absolute atomic E-state index is 13.5. The maximum atomic E-state index is 13.5. The molecule has 1 unspecified atom stereocenters. The molecule has 1 amide bonds. The highest BCUT2D eigenvalue weighted by Gasteiger charge is 2.35. The first-order chi connectivity index (χ1) is 17.4. The Bertz CT molecular complexity index is 1310. The first-order valence-corrected chi connectivity index (χ1v) is 12.3. The van der Waals surface area contributed by atoms with Crippen LogP contribution in [0.15, 0.2) is 54.6 Å². The standard InChI is InChI=1S/C30H33NO5/c1-5-25(32)15-13-20-9-12-24(28(35-3)19(20)2)18-31(29(33)21-10-11-21)27-8-6-7-22-17-23(30(34)36-4)14-16-26(22)27/h6-9,12-17,21,25,32H,5,10-11,18H2,1-4H3/b15-13-. The van der Waals surface area contributed by atoms with Gasteiger partial charge < -0.3 is 19.5 Å². The lowest BCUT2D eigenvalue weighted by molar-refractivity contribution is -0.119. The van der Waals surface area contributed by atoms with Crippen LogP contribution in [0.1, 0.15) is 53.2 Å². The number of carbonyl (C=O) groups excluding carboxylic acids is 2. The number of benzene rings is 3. The molecule has 1 atom stereocenters. The third-order valence-corrected chi connectivity index (χ3v) is 6.74. The second-order valence-corrected chi connectivity index (χ2v) is 9.21. The van der Waals surface area contributed by atoms with Crippen LogP contribution in [0, 0.1) is 12.8 Å². The summed E-state index contributed by atoms with van der Waals surface area (Å²) in [5, 5.41) is 11.7. The van der Waals surface area contributed by atoms with Crippen LogP contribution >= 0.6 is 0 Å². The van der Waals surface area contributed by atoms with Crippen molar-refractivity contribution in [1.82, 2.24) is 0 Å². The van der Waals surface area contributed by atoms with E-state index in [2.05, 4.69) is 0 Å². The highest BCUT2D eigenvalue weighted by molar-refractivity contribution is 6.06. The number of carbonyl (C=O) groups is 2. The number of ether oxygens (including phenoxy) is 2. The van der Waals surface area contributed by atoms with E-state index >= 15 is 0 Å². The second kappa shape index (κ2) is 11.0. The van der Waals surface area contributed by atoms with E-state index in [-0.39, 0.29) is 11.8 Å². The van der Waals surface area contributed by atoms with Crippen LogP contribution in [0.3, 0.4) is 0 Å². The van der Waals surface area contributed by atoms with Crippen LogP contribution in [-0.4, -0.2) is 37.3 Å². The van der Waals surface area contributed by atoms with Crippen LogP contribution in [-0.2, 0) is 16.1 Å². The van der Waals surface area contributed by atoms with Gasteiger partial charge in [-0.2, -0.15) is 0 Å². The number of aliphatic hydroxyl groups is 1. The van der Waals surface area contributed by atoms with Gasteiger partial charge in [-0.3, -0.25) is 4.79 Å². The highest BCUT2D eigenvalue weighted by atomic mass is 16.5. The smallest absolute Gasteiger partial charge is 0.337 e.